The van der Waals surface area contributed by atoms with Gasteiger partial charge in [-0.25, -0.2) is 0 Å². The molecule has 0 spiro atoms. The molecule has 0 saturated heterocycles. The van der Waals surface area contributed by atoms with E-state index in [2.05, 4.69) is 6.07 Å². The third-order valence-corrected chi connectivity index (χ3v) is 4.86. The molecule has 0 bridgehead atoms. The number of amides is 1. The zero-order valence-corrected chi connectivity index (χ0v) is 14.6. The van der Waals surface area contributed by atoms with Crippen LogP contribution in [0.2, 0.25) is 5.02 Å². The molecular formula is C18H17ClN2OS. The first kappa shape index (κ1) is 17.3. The van der Waals surface area contributed by atoms with E-state index in [1.807, 2.05) is 43.3 Å². The molecule has 1 aromatic carbocycles. The Labute approximate surface area is 145 Å². The molecule has 1 heterocycles. The number of nitrogens with zero attached hydrogens (tertiary/aromatic N) is 2. The van der Waals surface area contributed by atoms with E-state index < -0.39 is 0 Å². The van der Waals surface area contributed by atoms with Crippen molar-refractivity contribution >= 4 is 34.9 Å². The van der Waals surface area contributed by atoms with Crippen molar-refractivity contribution in [1.29, 1.82) is 5.26 Å². The minimum Gasteiger partial charge on any atom is -0.338 e. The van der Waals surface area contributed by atoms with Gasteiger partial charge in [0.05, 0.1) is 12.5 Å². The summed E-state index contributed by atoms with van der Waals surface area (Å²) in [5.74, 6) is -0.106. The third-order valence-electron chi connectivity index (χ3n) is 3.52. The number of carbonyl (C=O) groups excluding carboxylic acids is 1. The highest BCUT2D eigenvalue weighted by atomic mass is 35.5. The Balaban J connectivity index is 2.07. The molecule has 0 N–H and O–H groups in total. The topological polar surface area (TPSA) is 44.1 Å². The number of hydrogen-bond donors (Lipinski definition) is 0. The van der Waals surface area contributed by atoms with E-state index >= 15 is 0 Å². The Hall–Kier alpha value is -2.09. The maximum atomic E-state index is 12.1. The number of carbonyl (C=O) groups is 1. The van der Waals surface area contributed by atoms with Crippen molar-refractivity contribution in [3.8, 4) is 16.5 Å². The molecule has 118 valence electrons. The van der Waals surface area contributed by atoms with Crippen molar-refractivity contribution in [2.45, 2.75) is 19.4 Å². The predicted octanol–water partition coefficient (Wildman–Crippen LogP) is 4.84. The van der Waals surface area contributed by atoms with Crippen LogP contribution in [0.5, 0.6) is 0 Å². The molecule has 2 aromatic rings. The number of hydrogen-bond acceptors (Lipinski definition) is 3. The fraction of sp³-hybridized carbons (Fsp3) is 0.222. The van der Waals surface area contributed by atoms with E-state index in [4.69, 9.17) is 16.9 Å². The van der Waals surface area contributed by atoms with Crippen LogP contribution >= 0.6 is 22.9 Å². The van der Waals surface area contributed by atoms with Gasteiger partial charge in [-0.3, -0.25) is 4.79 Å². The summed E-state index contributed by atoms with van der Waals surface area (Å²) in [5, 5.41) is 9.40. The molecule has 0 saturated carbocycles. The van der Waals surface area contributed by atoms with Gasteiger partial charge in [0.1, 0.15) is 0 Å². The lowest BCUT2D eigenvalue weighted by Crippen LogP contribution is -2.33. The van der Waals surface area contributed by atoms with Crippen LogP contribution < -0.4 is 0 Å². The SMILES string of the molecule is CC(CC#N)N(C)C(=O)/C=C/c1ccc(-c2cccc(Cl)c2)s1. The lowest BCUT2D eigenvalue weighted by Gasteiger charge is -2.21. The molecule has 0 radical (unpaired) electrons. The van der Waals surface area contributed by atoms with Gasteiger partial charge in [-0.2, -0.15) is 5.26 Å². The van der Waals surface area contributed by atoms with Gasteiger partial charge in [0.15, 0.2) is 0 Å². The molecule has 1 amide bonds. The number of likely N-dealkylation sites (N-methyl/N-ethyl adjacent to an activating group) is 1. The number of nitriles is 1. The Morgan fingerprint density at radius 3 is 2.91 bits per heavy atom. The minimum atomic E-state index is -0.106. The van der Waals surface area contributed by atoms with Gasteiger partial charge in [0.2, 0.25) is 5.91 Å². The summed E-state index contributed by atoms with van der Waals surface area (Å²) >= 11 is 7.61. The highest BCUT2D eigenvalue weighted by Crippen LogP contribution is 2.30. The molecule has 2 rings (SSSR count). The van der Waals surface area contributed by atoms with Crippen LogP contribution in [0.4, 0.5) is 0 Å². The molecule has 1 unspecified atom stereocenters. The van der Waals surface area contributed by atoms with Crippen molar-refractivity contribution in [2.75, 3.05) is 7.05 Å². The lowest BCUT2D eigenvalue weighted by atomic mass is 10.2. The summed E-state index contributed by atoms with van der Waals surface area (Å²) < 4.78 is 0. The number of benzene rings is 1. The number of halogens is 1. The first-order valence-electron chi connectivity index (χ1n) is 7.19. The first-order valence-corrected chi connectivity index (χ1v) is 8.38. The summed E-state index contributed by atoms with van der Waals surface area (Å²) in [6.45, 7) is 1.86. The smallest absolute Gasteiger partial charge is 0.246 e. The third kappa shape index (κ3) is 4.69. The van der Waals surface area contributed by atoms with E-state index in [0.717, 1.165) is 15.3 Å². The molecule has 23 heavy (non-hydrogen) atoms. The van der Waals surface area contributed by atoms with Crippen LogP contribution in [0.25, 0.3) is 16.5 Å². The van der Waals surface area contributed by atoms with Gasteiger partial charge in [0.25, 0.3) is 0 Å². The highest BCUT2D eigenvalue weighted by Gasteiger charge is 2.12. The normalized spacial score (nSPS) is 12.1. The van der Waals surface area contributed by atoms with Crippen LogP contribution in [0.1, 0.15) is 18.2 Å². The molecule has 0 aliphatic rings. The van der Waals surface area contributed by atoms with Crippen LogP contribution in [-0.2, 0) is 4.79 Å². The summed E-state index contributed by atoms with van der Waals surface area (Å²) in [6, 6.07) is 13.7. The fourth-order valence-electron chi connectivity index (χ4n) is 2.00. The van der Waals surface area contributed by atoms with Gasteiger partial charge < -0.3 is 4.90 Å². The Kier molecular flexibility index (Phi) is 5.97. The predicted molar refractivity (Wildman–Crippen MR) is 96.3 cm³/mol. The van der Waals surface area contributed by atoms with Crippen molar-refractivity contribution < 1.29 is 4.79 Å². The number of rotatable bonds is 5. The van der Waals surface area contributed by atoms with E-state index in [9.17, 15) is 4.79 Å². The number of thiophene rings is 1. The summed E-state index contributed by atoms with van der Waals surface area (Å²) in [4.78, 5) is 15.7. The Bertz CT molecular complexity index is 760. The monoisotopic (exact) mass is 344 g/mol. The van der Waals surface area contributed by atoms with Crippen molar-refractivity contribution in [3.63, 3.8) is 0 Å². The average Bonchev–Trinajstić information content (AvgIpc) is 3.01. The van der Waals surface area contributed by atoms with Crippen molar-refractivity contribution in [1.82, 2.24) is 4.90 Å². The standard InChI is InChI=1S/C18H17ClN2OS/c1-13(10-11-20)21(2)18(22)9-7-16-6-8-17(23-16)14-4-3-5-15(19)12-14/h3-9,12-13H,10H2,1-2H3/b9-7+. The average molecular weight is 345 g/mol. The molecule has 0 fully saturated rings. The van der Waals surface area contributed by atoms with Crippen LogP contribution in [0.3, 0.4) is 0 Å². The van der Waals surface area contributed by atoms with Gasteiger partial charge >= 0.3 is 0 Å². The second kappa shape index (κ2) is 7.96. The summed E-state index contributed by atoms with van der Waals surface area (Å²) in [6.07, 6.45) is 3.67. The second-order valence-electron chi connectivity index (χ2n) is 5.21. The zero-order valence-electron chi connectivity index (χ0n) is 13.0. The van der Waals surface area contributed by atoms with E-state index in [-0.39, 0.29) is 11.9 Å². The van der Waals surface area contributed by atoms with E-state index in [0.29, 0.717) is 11.4 Å². The lowest BCUT2D eigenvalue weighted by molar-refractivity contribution is -0.126. The van der Waals surface area contributed by atoms with Gasteiger partial charge in [-0.15, -0.1) is 11.3 Å². The molecule has 3 nitrogen and oxygen atoms in total. The molecule has 5 heteroatoms. The second-order valence-corrected chi connectivity index (χ2v) is 6.76. The molecule has 0 aliphatic heterocycles. The largest absolute Gasteiger partial charge is 0.338 e. The molecule has 1 atom stereocenters. The van der Waals surface area contributed by atoms with Crippen LogP contribution in [-0.4, -0.2) is 23.9 Å². The Morgan fingerprint density at radius 2 is 2.22 bits per heavy atom. The maximum Gasteiger partial charge on any atom is 0.246 e. The quantitative estimate of drug-likeness (QED) is 0.728. The Morgan fingerprint density at radius 1 is 1.43 bits per heavy atom. The minimum absolute atomic E-state index is 0.0949. The summed E-state index contributed by atoms with van der Waals surface area (Å²) in [5.41, 5.74) is 1.06. The first-order chi connectivity index (χ1) is 11.0. The van der Waals surface area contributed by atoms with Gasteiger partial charge in [0, 0.05) is 33.9 Å². The van der Waals surface area contributed by atoms with E-state index in [1.165, 1.54) is 0 Å². The highest BCUT2D eigenvalue weighted by molar-refractivity contribution is 7.16. The molecule has 1 aromatic heterocycles. The molecular weight excluding hydrogens is 328 g/mol. The maximum absolute atomic E-state index is 12.1. The summed E-state index contributed by atoms with van der Waals surface area (Å²) in [7, 11) is 1.71. The zero-order chi connectivity index (χ0) is 16.8. The van der Waals surface area contributed by atoms with Crippen LogP contribution in [0.15, 0.2) is 42.5 Å². The fourth-order valence-corrected chi connectivity index (χ4v) is 3.09. The van der Waals surface area contributed by atoms with E-state index in [1.54, 1.807) is 35.4 Å². The van der Waals surface area contributed by atoms with Crippen LogP contribution in [0, 0.1) is 11.3 Å². The molecule has 0 aliphatic carbocycles. The van der Waals surface area contributed by atoms with Gasteiger partial charge in [-0.05, 0) is 42.8 Å². The van der Waals surface area contributed by atoms with Crippen molar-refractivity contribution in [3.05, 3.63) is 52.4 Å². The van der Waals surface area contributed by atoms with Gasteiger partial charge in [-0.1, -0.05) is 23.7 Å². The van der Waals surface area contributed by atoms with Crippen molar-refractivity contribution in [2.24, 2.45) is 0 Å².